The fourth-order valence-electron chi connectivity index (χ4n) is 3.48. The molecular formula is C23H17N3O2S. The Morgan fingerprint density at radius 3 is 2.41 bits per heavy atom. The van der Waals surface area contributed by atoms with Crippen LogP contribution in [-0.2, 0) is 0 Å². The molecule has 0 saturated carbocycles. The molecule has 0 aliphatic rings. The molecule has 0 aliphatic heterocycles. The van der Waals surface area contributed by atoms with Crippen molar-refractivity contribution in [2.75, 3.05) is 18.1 Å². The van der Waals surface area contributed by atoms with E-state index >= 15 is 0 Å². The van der Waals surface area contributed by atoms with Crippen LogP contribution in [0.1, 0.15) is 10.4 Å². The van der Waals surface area contributed by atoms with Crippen LogP contribution in [0.3, 0.4) is 0 Å². The standard InChI is InChI=1S/C23H17N3O2S/c27-13-12-26(16-6-2-1-3-7-16)23(28)15-10-11-20-17(14-15)21-22(29-20)25-19-9-5-4-8-18(19)24-21/h1-11,14,27H,12-13H2. The summed E-state index contributed by atoms with van der Waals surface area (Å²) in [6.45, 7) is 0.122. The van der Waals surface area contributed by atoms with Crippen LogP contribution in [0.5, 0.6) is 0 Å². The predicted octanol–water partition coefficient (Wildman–Crippen LogP) is 4.64. The summed E-state index contributed by atoms with van der Waals surface area (Å²) in [7, 11) is 0. The number of aliphatic hydroxyl groups is 1. The fraction of sp³-hybridized carbons (Fsp3) is 0.0870. The van der Waals surface area contributed by atoms with Crippen LogP contribution >= 0.6 is 11.3 Å². The second-order valence-corrected chi connectivity index (χ2v) is 7.73. The Hall–Kier alpha value is -3.35. The lowest BCUT2D eigenvalue weighted by Crippen LogP contribution is -2.33. The van der Waals surface area contributed by atoms with Crippen LogP contribution in [0.4, 0.5) is 5.69 Å². The van der Waals surface area contributed by atoms with Gasteiger partial charge in [-0.3, -0.25) is 4.79 Å². The summed E-state index contributed by atoms with van der Waals surface area (Å²) >= 11 is 1.57. The number of hydrogen-bond acceptors (Lipinski definition) is 5. The number of carbonyl (C=O) groups is 1. The average molecular weight is 399 g/mol. The van der Waals surface area contributed by atoms with Crippen molar-refractivity contribution in [2.24, 2.45) is 0 Å². The van der Waals surface area contributed by atoms with E-state index in [1.165, 1.54) is 0 Å². The van der Waals surface area contributed by atoms with E-state index in [-0.39, 0.29) is 19.1 Å². The SMILES string of the molecule is O=C(c1ccc2sc3nc4ccccc4nc3c2c1)N(CCO)c1ccccc1. The Labute approximate surface area is 170 Å². The van der Waals surface area contributed by atoms with E-state index in [1.807, 2.05) is 72.8 Å². The molecule has 0 atom stereocenters. The number of hydrogen-bond donors (Lipinski definition) is 1. The second-order valence-electron chi connectivity index (χ2n) is 6.70. The molecular weight excluding hydrogens is 382 g/mol. The van der Waals surface area contributed by atoms with Gasteiger partial charge in [-0.25, -0.2) is 9.97 Å². The molecule has 0 bridgehead atoms. The molecule has 0 fully saturated rings. The van der Waals surface area contributed by atoms with Gasteiger partial charge in [-0.15, -0.1) is 11.3 Å². The van der Waals surface area contributed by atoms with E-state index in [2.05, 4.69) is 0 Å². The number of aliphatic hydroxyl groups excluding tert-OH is 1. The number of rotatable bonds is 4. The molecule has 0 saturated heterocycles. The molecule has 2 heterocycles. The molecule has 1 amide bonds. The molecule has 5 aromatic rings. The maximum absolute atomic E-state index is 13.2. The van der Waals surface area contributed by atoms with Gasteiger partial charge in [-0.05, 0) is 42.5 Å². The lowest BCUT2D eigenvalue weighted by molar-refractivity contribution is 0.0981. The first-order chi connectivity index (χ1) is 14.2. The maximum atomic E-state index is 13.2. The highest BCUT2D eigenvalue weighted by molar-refractivity contribution is 7.25. The summed E-state index contributed by atoms with van der Waals surface area (Å²) in [5.41, 5.74) is 3.83. The number of para-hydroxylation sites is 3. The number of anilines is 1. The van der Waals surface area contributed by atoms with Crippen molar-refractivity contribution >= 4 is 54.4 Å². The van der Waals surface area contributed by atoms with Gasteiger partial charge < -0.3 is 10.0 Å². The molecule has 5 nitrogen and oxygen atoms in total. The molecule has 2 aromatic heterocycles. The monoisotopic (exact) mass is 399 g/mol. The van der Waals surface area contributed by atoms with Crippen LogP contribution < -0.4 is 4.90 Å². The highest BCUT2D eigenvalue weighted by Gasteiger charge is 2.19. The molecule has 3 aromatic carbocycles. The quantitative estimate of drug-likeness (QED) is 0.478. The molecule has 29 heavy (non-hydrogen) atoms. The number of fused-ring (bicyclic) bond motifs is 4. The predicted molar refractivity (Wildman–Crippen MR) is 118 cm³/mol. The van der Waals surface area contributed by atoms with Crippen LogP contribution in [0.25, 0.3) is 31.5 Å². The zero-order chi connectivity index (χ0) is 19.8. The number of carbonyl (C=O) groups excluding carboxylic acids is 1. The van der Waals surface area contributed by atoms with E-state index in [9.17, 15) is 9.90 Å². The van der Waals surface area contributed by atoms with E-state index in [1.54, 1.807) is 16.2 Å². The molecule has 0 aliphatic carbocycles. The van der Waals surface area contributed by atoms with Crippen LogP contribution in [0.15, 0.2) is 72.8 Å². The molecule has 142 valence electrons. The van der Waals surface area contributed by atoms with Crippen molar-refractivity contribution in [1.29, 1.82) is 0 Å². The van der Waals surface area contributed by atoms with Crippen molar-refractivity contribution in [3.63, 3.8) is 0 Å². The Bertz CT molecular complexity index is 1350. The number of benzene rings is 3. The van der Waals surface area contributed by atoms with Crippen LogP contribution in [0.2, 0.25) is 0 Å². The van der Waals surface area contributed by atoms with Gasteiger partial charge in [0.2, 0.25) is 0 Å². The zero-order valence-electron chi connectivity index (χ0n) is 15.4. The third-order valence-electron chi connectivity index (χ3n) is 4.86. The average Bonchev–Trinajstić information content (AvgIpc) is 3.12. The number of thiophene rings is 1. The lowest BCUT2D eigenvalue weighted by atomic mass is 10.1. The van der Waals surface area contributed by atoms with Gasteiger partial charge in [0.05, 0.1) is 17.6 Å². The van der Waals surface area contributed by atoms with Crippen molar-refractivity contribution in [3.8, 4) is 0 Å². The highest BCUT2D eigenvalue weighted by atomic mass is 32.1. The zero-order valence-corrected chi connectivity index (χ0v) is 16.3. The van der Waals surface area contributed by atoms with Crippen molar-refractivity contribution in [1.82, 2.24) is 9.97 Å². The molecule has 1 N–H and O–H groups in total. The number of aromatic nitrogens is 2. The maximum Gasteiger partial charge on any atom is 0.258 e. The minimum Gasteiger partial charge on any atom is -0.395 e. The fourth-order valence-corrected chi connectivity index (χ4v) is 4.49. The van der Waals surface area contributed by atoms with Gasteiger partial charge in [0, 0.05) is 27.9 Å². The summed E-state index contributed by atoms with van der Waals surface area (Å²) in [4.78, 5) is 25.2. The van der Waals surface area contributed by atoms with Crippen molar-refractivity contribution < 1.29 is 9.90 Å². The number of amides is 1. The van der Waals surface area contributed by atoms with Crippen LogP contribution in [0, 0.1) is 0 Å². The highest BCUT2D eigenvalue weighted by Crippen LogP contribution is 2.33. The van der Waals surface area contributed by atoms with Gasteiger partial charge in [0.15, 0.2) is 0 Å². The largest absolute Gasteiger partial charge is 0.395 e. The van der Waals surface area contributed by atoms with Gasteiger partial charge in [-0.1, -0.05) is 30.3 Å². The Morgan fingerprint density at radius 1 is 0.931 bits per heavy atom. The van der Waals surface area contributed by atoms with Gasteiger partial charge in [0.25, 0.3) is 5.91 Å². The van der Waals surface area contributed by atoms with E-state index < -0.39 is 0 Å². The van der Waals surface area contributed by atoms with Gasteiger partial charge >= 0.3 is 0 Å². The van der Waals surface area contributed by atoms with Crippen LogP contribution in [-0.4, -0.2) is 34.1 Å². The first-order valence-corrected chi connectivity index (χ1v) is 10.1. The summed E-state index contributed by atoms with van der Waals surface area (Å²) < 4.78 is 1.04. The Kier molecular flexibility index (Phi) is 4.42. The molecule has 6 heteroatoms. The summed E-state index contributed by atoms with van der Waals surface area (Å²) in [5.74, 6) is -0.153. The molecule has 5 rings (SSSR count). The number of nitrogens with zero attached hydrogens (tertiary/aromatic N) is 3. The smallest absolute Gasteiger partial charge is 0.258 e. The Balaban J connectivity index is 1.63. The lowest BCUT2D eigenvalue weighted by Gasteiger charge is -2.22. The molecule has 0 spiro atoms. The van der Waals surface area contributed by atoms with Gasteiger partial charge in [-0.2, -0.15) is 0 Å². The summed E-state index contributed by atoms with van der Waals surface area (Å²) in [6, 6.07) is 22.8. The van der Waals surface area contributed by atoms with E-state index in [0.29, 0.717) is 5.56 Å². The van der Waals surface area contributed by atoms with Gasteiger partial charge in [0.1, 0.15) is 10.3 Å². The van der Waals surface area contributed by atoms with Crippen molar-refractivity contribution in [2.45, 2.75) is 0 Å². The summed E-state index contributed by atoms with van der Waals surface area (Å²) in [6.07, 6.45) is 0. The Morgan fingerprint density at radius 2 is 1.66 bits per heavy atom. The summed E-state index contributed by atoms with van der Waals surface area (Å²) in [5, 5.41) is 10.4. The first-order valence-electron chi connectivity index (χ1n) is 9.31. The first kappa shape index (κ1) is 17.7. The molecule has 0 radical (unpaired) electrons. The third-order valence-corrected chi connectivity index (χ3v) is 5.92. The molecule has 0 unspecified atom stereocenters. The minimum atomic E-state index is -0.153. The second kappa shape index (κ2) is 7.24. The normalized spacial score (nSPS) is 11.3. The third kappa shape index (κ3) is 3.12. The topological polar surface area (TPSA) is 66.3 Å². The van der Waals surface area contributed by atoms with E-state index in [0.717, 1.165) is 37.2 Å². The van der Waals surface area contributed by atoms with Crippen molar-refractivity contribution in [3.05, 3.63) is 78.4 Å². The minimum absolute atomic E-state index is 0.109. The van der Waals surface area contributed by atoms with E-state index in [4.69, 9.17) is 9.97 Å².